The number of pyridine rings is 2. The van der Waals surface area contributed by atoms with Crippen LogP contribution in [0.2, 0.25) is 0 Å². The standard InChI is InChI=1S/C23H21BrN4O2S/c24-17-8-9-20(26-15-17)27-21(29)16-10-13-28(14-11-16)23(30)19-7-4-12-25-22(19)31-18-5-2-1-3-6-18/h1-9,12,15-16H,10-11,13-14H2,(H,26,27,29). The molecule has 1 saturated heterocycles. The number of hydrogen-bond acceptors (Lipinski definition) is 5. The van der Waals surface area contributed by atoms with Crippen LogP contribution in [0.15, 0.2) is 81.4 Å². The highest BCUT2D eigenvalue weighted by molar-refractivity contribution is 9.10. The van der Waals surface area contributed by atoms with Gasteiger partial charge in [0.05, 0.1) is 5.56 Å². The molecule has 6 nitrogen and oxygen atoms in total. The van der Waals surface area contributed by atoms with Crippen molar-refractivity contribution in [2.45, 2.75) is 22.8 Å². The van der Waals surface area contributed by atoms with Crippen LogP contribution < -0.4 is 5.32 Å². The molecule has 0 bridgehead atoms. The molecule has 0 saturated carbocycles. The van der Waals surface area contributed by atoms with E-state index in [1.807, 2.05) is 47.4 Å². The molecule has 158 valence electrons. The quantitative estimate of drug-likeness (QED) is 0.544. The Morgan fingerprint density at radius 3 is 2.48 bits per heavy atom. The first-order valence-corrected chi connectivity index (χ1v) is 11.6. The van der Waals surface area contributed by atoms with Crippen molar-refractivity contribution in [2.24, 2.45) is 5.92 Å². The van der Waals surface area contributed by atoms with Crippen LogP contribution in [-0.4, -0.2) is 39.8 Å². The maximum absolute atomic E-state index is 13.2. The maximum atomic E-state index is 13.2. The highest BCUT2D eigenvalue weighted by atomic mass is 79.9. The monoisotopic (exact) mass is 496 g/mol. The molecule has 0 aliphatic carbocycles. The lowest BCUT2D eigenvalue weighted by Gasteiger charge is -2.31. The van der Waals surface area contributed by atoms with Crippen LogP contribution >= 0.6 is 27.7 Å². The molecule has 1 aromatic carbocycles. The minimum Gasteiger partial charge on any atom is -0.339 e. The molecule has 1 N–H and O–H groups in total. The zero-order chi connectivity index (χ0) is 21.6. The number of hydrogen-bond donors (Lipinski definition) is 1. The van der Waals surface area contributed by atoms with E-state index in [1.165, 1.54) is 11.8 Å². The van der Waals surface area contributed by atoms with E-state index in [-0.39, 0.29) is 17.7 Å². The van der Waals surface area contributed by atoms with Crippen LogP contribution in [0.25, 0.3) is 0 Å². The highest BCUT2D eigenvalue weighted by Crippen LogP contribution is 2.30. The van der Waals surface area contributed by atoms with Gasteiger partial charge in [-0.05, 0) is 65.2 Å². The van der Waals surface area contributed by atoms with Crippen molar-refractivity contribution in [1.82, 2.24) is 14.9 Å². The number of likely N-dealkylation sites (tertiary alicyclic amines) is 1. The number of benzene rings is 1. The molecule has 0 atom stereocenters. The molecule has 31 heavy (non-hydrogen) atoms. The highest BCUT2D eigenvalue weighted by Gasteiger charge is 2.29. The van der Waals surface area contributed by atoms with Gasteiger partial charge in [-0.1, -0.05) is 30.0 Å². The van der Waals surface area contributed by atoms with Crippen LogP contribution in [0.3, 0.4) is 0 Å². The molecule has 3 aromatic rings. The Balaban J connectivity index is 1.37. The fourth-order valence-electron chi connectivity index (χ4n) is 3.43. The van der Waals surface area contributed by atoms with Crippen molar-refractivity contribution < 1.29 is 9.59 Å². The predicted molar refractivity (Wildman–Crippen MR) is 124 cm³/mol. The van der Waals surface area contributed by atoms with Crippen molar-refractivity contribution >= 4 is 45.3 Å². The summed E-state index contributed by atoms with van der Waals surface area (Å²) in [5, 5.41) is 3.56. The van der Waals surface area contributed by atoms with Crippen molar-refractivity contribution in [3.05, 3.63) is 77.0 Å². The van der Waals surface area contributed by atoms with E-state index in [4.69, 9.17) is 0 Å². The summed E-state index contributed by atoms with van der Waals surface area (Å²) < 4.78 is 0.859. The lowest BCUT2D eigenvalue weighted by atomic mass is 9.95. The lowest BCUT2D eigenvalue weighted by molar-refractivity contribution is -0.121. The Bertz CT molecular complexity index is 1050. The average Bonchev–Trinajstić information content (AvgIpc) is 2.81. The minimum atomic E-state index is -0.137. The number of carbonyl (C=O) groups excluding carboxylic acids is 2. The number of aromatic nitrogens is 2. The van der Waals surface area contributed by atoms with E-state index < -0.39 is 0 Å². The molecule has 1 fully saturated rings. The van der Waals surface area contributed by atoms with Gasteiger partial charge in [0.25, 0.3) is 5.91 Å². The Morgan fingerprint density at radius 1 is 1.00 bits per heavy atom. The third-order valence-electron chi connectivity index (χ3n) is 5.09. The Hall–Kier alpha value is -2.71. The van der Waals surface area contributed by atoms with Gasteiger partial charge in [0.2, 0.25) is 5.91 Å². The Kier molecular flexibility index (Phi) is 6.99. The van der Waals surface area contributed by atoms with Gasteiger partial charge in [0, 0.05) is 40.8 Å². The van der Waals surface area contributed by atoms with E-state index in [0.29, 0.717) is 42.3 Å². The smallest absolute Gasteiger partial charge is 0.256 e. The molecule has 0 unspecified atom stereocenters. The second-order valence-electron chi connectivity index (χ2n) is 7.19. The van der Waals surface area contributed by atoms with E-state index in [9.17, 15) is 9.59 Å². The van der Waals surface area contributed by atoms with E-state index in [0.717, 1.165) is 9.37 Å². The summed E-state index contributed by atoms with van der Waals surface area (Å²) in [6.45, 7) is 1.07. The molecule has 8 heteroatoms. The van der Waals surface area contributed by atoms with Gasteiger partial charge in [-0.25, -0.2) is 9.97 Å². The van der Waals surface area contributed by atoms with Gasteiger partial charge in [-0.3, -0.25) is 9.59 Å². The average molecular weight is 497 g/mol. The third kappa shape index (κ3) is 5.51. The second-order valence-corrected chi connectivity index (χ2v) is 9.17. The minimum absolute atomic E-state index is 0.0417. The molecule has 1 aliphatic heterocycles. The van der Waals surface area contributed by atoms with Gasteiger partial charge < -0.3 is 10.2 Å². The zero-order valence-corrected chi connectivity index (χ0v) is 19.1. The first-order chi connectivity index (χ1) is 15.1. The summed E-state index contributed by atoms with van der Waals surface area (Å²) in [5.74, 6) is 0.301. The summed E-state index contributed by atoms with van der Waals surface area (Å²) >= 11 is 4.81. The number of carbonyl (C=O) groups is 2. The largest absolute Gasteiger partial charge is 0.339 e. The van der Waals surface area contributed by atoms with E-state index in [2.05, 4.69) is 31.2 Å². The van der Waals surface area contributed by atoms with Crippen LogP contribution in [0.5, 0.6) is 0 Å². The molecule has 0 radical (unpaired) electrons. The fourth-order valence-corrected chi connectivity index (χ4v) is 4.56. The maximum Gasteiger partial charge on any atom is 0.256 e. The van der Waals surface area contributed by atoms with Gasteiger partial charge in [-0.2, -0.15) is 0 Å². The number of rotatable bonds is 5. The van der Waals surface area contributed by atoms with Gasteiger partial charge in [0.1, 0.15) is 10.8 Å². The number of amides is 2. The summed E-state index contributed by atoms with van der Waals surface area (Å²) in [4.78, 5) is 37.2. The SMILES string of the molecule is O=C(Nc1ccc(Br)cn1)C1CCN(C(=O)c2cccnc2Sc2ccccc2)CC1. The van der Waals surface area contributed by atoms with E-state index >= 15 is 0 Å². The number of nitrogens with one attached hydrogen (secondary N) is 1. The number of anilines is 1. The van der Waals surface area contributed by atoms with Crippen LogP contribution in [-0.2, 0) is 4.79 Å². The first kappa shape index (κ1) is 21.5. The summed E-state index contributed by atoms with van der Waals surface area (Å²) in [6, 6.07) is 17.1. The van der Waals surface area contributed by atoms with Crippen LogP contribution in [0.1, 0.15) is 23.2 Å². The Morgan fingerprint density at radius 2 is 1.77 bits per heavy atom. The van der Waals surface area contributed by atoms with Crippen LogP contribution in [0.4, 0.5) is 5.82 Å². The number of piperidine rings is 1. The Labute approximate surface area is 193 Å². The molecule has 2 aromatic heterocycles. The van der Waals surface area contributed by atoms with Crippen molar-refractivity contribution in [3.63, 3.8) is 0 Å². The molecule has 0 spiro atoms. The fraction of sp³-hybridized carbons (Fsp3) is 0.217. The predicted octanol–water partition coefficient (Wildman–Crippen LogP) is 4.88. The molecular formula is C23H21BrN4O2S. The summed E-state index contributed by atoms with van der Waals surface area (Å²) in [5.41, 5.74) is 0.596. The summed E-state index contributed by atoms with van der Waals surface area (Å²) in [7, 11) is 0. The van der Waals surface area contributed by atoms with Gasteiger partial charge in [-0.15, -0.1) is 0 Å². The van der Waals surface area contributed by atoms with Crippen molar-refractivity contribution in [2.75, 3.05) is 18.4 Å². The normalized spacial score (nSPS) is 14.3. The van der Waals surface area contributed by atoms with Crippen molar-refractivity contribution in [1.29, 1.82) is 0 Å². The molecular weight excluding hydrogens is 476 g/mol. The number of nitrogens with zero attached hydrogens (tertiary/aromatic N) is 3. The molecule has 3 heterocycles. The van der Waals surface area contributed by atoms with E-state index in [1.54, 1.807) is 24.5 Å². The van der Waals surface area contributed by atoms with Gasteiger partial charge >= 0.3 is 0 Å². The third-order valence-corrected chi connectivity index (χ3v) is 6.59. The molecule has 2 amide bonds. The zero-order valence-electron chi connectivity index (χ0n) is 16.7. The van der Waals surface area contributed by atoms with Crippen molar-refractivity contribution in [3.8, 4) is 0 Å². The lowest BCUT2D eigenvalue weighted by Crippen LogP contribution is -2.41. The molecule has 1 aliphatic rings. The van der Waals surface area contributed by atoms with Gasteiger partial charge in [0.15, 0.2) is 0 Å². The topological polar surface area (TPSA) is 75.2 Å². The summed E-state index contributed by atoms with van der Waals surface area (Å²) in [6.07, 6.45) is 4.59. The molecule has 4 rings (SSSR count). The first-order valence-electron chi connectivity index (χ1n) is 10.00. The second kappa shape index (κ2) is 10.1. The van der Waals surface area contributed by atoms with Crippen LogP contribution in [0, 0.1) is 5.92 Å². The number of halogens is 1.